The normalized spacial score (nSPS) is 10.7. The van der Waals surface area contributed by atoms with Crippen molar-refractivity contribution in [1.82, 2.24) is 4.57 Å². The van der Waals surface area contributed by atoms with Gasteiger partial charge in [0.05, 0.1) is 5.52 Å². The summed E-state index contributed by atoms with van der Waals surface area (Å²) in [5.41, 5.74) is 2.52. The molecule has 1 heterocycles. The molecule has 14 heavy (non-hydrogen) atoms. The van der Waals surface area contributed by atoms with Crippen molar-refractivity contribution >= 4 is 26.8 Å². The van der Waals surface area contributed by atoms with Crippen LogP contribution >= 0.6 is 15.9 Å². The predicted molar refractivity (Wildman–Crippen MR) is 64.6 cm³/mol. The summed E-state index contributed by atoms with van der Waals surface area (Å²) in [4.78, 5) is 0. The van der Waals surface area contributed by atoms with Crippen LogP contribution in [0.15, 0.2) is 41.5 Å². The quantitative estimate of drug-likeness (QED) is 0.712. The summed E-state index contributed by atoms with van der Waals surface area (Å²) < 4.78 is 3.34. The number of hydrogen-bond donors (Lipinski definition) is 0. The number of fused-ring (bicyclic) bond motifs is 1. The van der Waals surface area contributed by atoms with Crippen LogP contribution in [0.2, 0.25) is 0 Å². The van der Waals surface area contributed by atoms with E-state index in [0.717, 1.165) is 11.0 Å². The molecule has 0 bridgehead atoms. The Balaban J connectivity index is 2.72. The fraction of sp³-hybridized carbons (Fsp3) is 0.167. The predicted octanol–water partition coefficient (Wildman–Crippen LogP) is 3.90. The molecule has 0 amide bonds. The number of aryl methyl sites for hydroxylation is 1. The largest absolute Gasteiger partial charge is 0.343 e. The third-order valence-corrected chi connectivity index (χ3v) is 2.89. The van der Waals surface area contributed by atoms with Crippen molar-refractivity contribution in [2.75, 3.05) is 0 Å². The lowest BCUT2D eigenvalue weighted by atomic mass is 10.2. The number of rotatable bonds is 2. The van der Waals surface area contributed by atoms with E-state index in [-0.39, 0.29) is 0 Å². The molecule has 0 aliphatic rings. The number of allylic oxidation sites excluding steroid dienone is 1. The van der Waals surface area contributed by atoms with Crippen molar-refractivity contribution in [2.24, 2.45) is 0 Å². The zero-order valence-corrected chi connectivity index (χ0v) is 9.71. The van der Waals surface area contributed by atoms with Crippen molar-refractivity contribution in [2.45, 2.75) is 13.5 Å². The van der Waals surface area contributed by atoms with Gasteiger partial charge in [-0.2, -0.15) is 0 Å². The molecular weight excluding hydrogens is 238 g/mol. The van der Waals surface area contributed by atoms with Crippen molar-refractivity contribution in [3.05, 3.63) is 47.1 Å². The van der Waals surface area contributed by atoms with Crippen molar-refractivity contribution < 1.29 is 0 Å². The van der Waals surface area contributed by atoms with E-state index >= 15 is 0 Å². The van der Waals surface area contributed by atoms with Crippen LogP contribution < -0.4 is 0 Å². The lowest BCUT2D eigenvalue weighted by molar-refractivity contribution is 0.864. The van der Waals surface area contributed by atoms with Crippen molar-refractivity contribution in [3.8, 4) is 0 Å². The molecule has 0 aliphatic carbocycles. The van der Waals surface area contributed by atoms with Gasteiger partial charge in [0, 0.05) is 22.6 Å². The lowest BCUT2D eigenvalue weighted by Gasteiger charge is -2.04. The first-order chi connectivity index (χ1) is 6.72. The highest BCUT2D eigenvalue weighted by molar-refractivity contribution is 9.10. The van der Waals surface area contributed by atoms with Crippen LogP contribution in [0.3, 0.4) is 0 Å². The van der Waals surface area contributed by atoms with Gasteiger partial charge >= 0.3 is 0 Å². The summed E-state index contributed by atoms with van der Waals surface area (Å²) in [6.45, 7) is 6.71. The van der Waals surface area contributed by atoms with E-state index in [1.54, 1.807) is 0 Å². The number of aromatic nitrogens is 1. The number of hydrogen-bond acceptors (Lipinski definition) is 0. The van der Waals surface area contributed by atoms with Crippen LogP contribution in [0.4, 0.5) is 0 Å². The van der Waals surface area contributed by atoms with E-state index in [0.29, 0.717) is 0 Å². The fourth-order valence-corrected chi connectivity index (χ4v) is 2.55. The number of nitrogens with zero attached hydrogens (tertiary/aromatic N) is 1. The summed E-state index contributed by atoms with van der Waals surface area (Å²) in [6, 6.07) is 6.47. The third-order valence-electron chi connectivity index (χ3n) is 2.28. The third kappa shape index (κ3) is 1.50. The maximum absolute atomic E-state index is 3.75. The Hall–Kier alpha value is -1.02. The molecule has 1 nitrogen and oxygen atoms in total. The molecule has 0 radical (unpaired) electrons. The smallest absolute Gasteiger partial charge is 0.0627 e. The van der Waals surface area contributed by atoms with E-state index in [1.807, 2.05) is 6.08 Å². The minimum absolute atomic E-state index is 0.852. The summed E-state index contributed by atoms with van der Waals surface area (Å²) in [5.74, 6) is 0. The molecule has 1 aromatic heterocycles. The van der Waals surface area contributed by atoms with E-state index in [9.17, 15) is 0 Å². The first-order valence-electron chi connectivity index (χ1n) is 4.58. The molecule has 0 atom stereocenters. The Bertz CT molecular complexity index is 482. The second kappa shape index (κ2) is 3.62. The highest BCUT2D eigenvalue weighted by atomic mass is 79.9. The van der Waals surface area contributed by atoms with Crippen LogP contribution in [-0.2, 0) is 6.54 Å². The Morgan fingerprint density at radius 1 is 1.50 bits per heavy atom. The average Bonchev–Trinajstić information content (AvgIpc) is 2.49. The highest BCUT2D eigenvalue weighted by Gasteiger charge is 2.04. The number of benzene rings is 1. The first-order valence-corrected chi connectivity index (χ1v) is 5.37. The summed E-state index contributed by atoms with van der Waals surface area (Å²) in [5, 5.41) is 1.28. The Kier molecular flexibility index (Phi) is 2.46. The standard InChI is InChI=1S/C12H12BrN/c1-3-5-14-6-4-10-7-9(2)8-11(13)12(10)14/h3-4,6-8H,1,5H2,2H3. The Morgan fingerprint density at radius 2 is 2.29 bits per heavy atom. The summed E-state index contributed by atoms with van der Waals surface area (Å²) in [7, 11) is 0. The Morgan fingerprint density at radius 3 is 3.00 bits per heavy atom. The molecule has 1 aromatic carbocycles. The fourth-order valence-electron chi connectivity index (χ4n) is 1.73. The molecule has 0 aliphatic heterocycles. The van der Waals surface area contributed by atoms with Gasteiger partial charge in [0.2, 0.25) is 0 Å². The SMILES string of the molecule is C=CCn1ccc2cc(C)cc(Br)c21. The maximum atomic E-state index is 3.75. The van der Waals surface area contributed by atoms with Gasteiger partial charge < -0.3 is 4.57 Å². The maximum Gasteiger partial charge on any atom is 0.0627 e. The van der Waals surface area contributed by atoms with Gasteiger partial charge in [0.1, 0.15) is 0 Å². The second-order valence-electron chi connectivity index (χ2n) is 3.44. The zero-order valence-electron chi connectivity index (χ0n) is 8.13. The van der Waals surface area contributed by atoms with Gasteiger partial charge in [0.15, 0.2) is 0 Å². The van der Waals surface area contributed by atoms with Crippen LogP contribution in [-0.4, -0.2) is 4.57 Å². The number of halogens is 1. The summed E-state index contributed by atoms with van der Waals surface area (Å²) >= 11 is 3.59. The average molecular weight is 250 g/mol. The van der Waals surface area contributed by atoms with Gasteiger partial charge in [-0.15, -0.1) is 6.58 Å². The minimum atomic E-state index is 0.852. The monoisotopic (exact) mass is 249 g/mol. The zero-order chi connectivity index (χ0) is 10.1. The van der Waals surface area contributed by atoms with Gasteiger partial charge in [-0.25, -0.2) is 0 Å². The van der Waals surface area contributed by atoms with Crippen LogP contribution in [0.25, 0.3) is 10.9 Å². The molecule has 0 unspecified atom stereocenters. The molecular formula is C12H12BrN. The molecule has 72 valence electrons. The van der Waals surface area contributed by atoms with E-state index in [2.05, 4.69) is 58.4 Å². The second-order valence-corrected chi connectivity index (χ2v) is 4.30. The topological polar surface area (TPSA) is 4.93 Å². The van der Waals surface area contributed by atoms with Gasteiger partial charge in [-0.3, -0.25) is 0 Å². The molecule has 2 heteroatoms. The van der Waals surface area contributed by atoms with Gasteiger partial charge in [0.25, 0.3) is 0 Å². The van der Waals surface area contributed by atoms with Crippen molar-refractivity contribution in [1.29, 1.82) is 0 Å². The summed E-state index contributed by atoms with van der Waals surface area (Å²) in [6.07, 6.45) is 4.00. The van der Waals surface area contributed by atoms with E-state index < -0.39 is 0 Å². The molecule has 2 rings (SSSR count). The molecule has 2 aromatic rings. The Labute approximate surface area is 92.2 Å². The van der Waals surface area contributed by atoms with Crippen LogP contribution in [0.5, 0.6) is 0 Å². The lowest BCUT2D eigenvalue weighted by Crippen LogP contribution is -1.92. The van der Waals surface area contributed by atoms with E-state index in [4.69, 9.17) is 0 Å². The molecule has 0 saturated carbocycles. The minimum Gasteiger partial charge on any atom is -0.343 e. The molecule has 0 N–H and O–H groups in total. The van der Waals surface area contributed by atoms with Crippen LogP contribution in [0.1, 0.15) is 5.56 Å². The molecule has 0 saturated heterocycles. The van der Waals surface area contributed by atoms with Crippen LogP contribution in [0, 0.1) is 6.92 Å². The van der Waals surface area contributed by atoms with E-state index in [1.165, 1.54) is 16.5 Å². The molecule has 0 fully saturated rings. The van der Waals surface area contributed by atoms with Crippen molar-refractivity contribution in [3.63, 3.8) is 0 Å². The molecule has 0 spiro atoms. The first kappa shape index (κ1) is 9.53. The highest BCUT2D eigenvalue weighted by Crippen LogP contribution is 2.26. The van der Waals surface area contributed by atoms with Gasteiger partial charge in [-0.05, 0) is 46.6 Å². The van der Waals surface area contributed by atoms with Gasteiger partial charge in [-0.1, -0.05) is 6.08 Å².